The Kier molecular flexibility index (Phi) is 2.27. The summed E-state index contributed by atoms with van der Waals surface area (Å²) in [6, 6.07) is 0.447. The molecule has 1 aliphatic heterocycles. The van der Waals surface area contributed by atoms with Crippen LogP contribution in [0, 0.1) is 0 Å². The zero-order chi connectivity index (χ0) is 7.56. The summed E-state index contributed by atoms with van der Waals surface area (Å²) in [4.78, 5) is 10.6. The number of primary amides is 1. The Morgan fingerprint density at radius 1 is 1.70 bits per heavy atom. The van der Waals surface area contributed by atoms with Gasteiger partial charge in [0.15, 0.2) is 0 Å². The average Bonchev–Trinajstić information content (AvgIpc) is 2.34. The van der Waals surface area contributed by atoms with E-state index in [-0.39, 0.29) is 11.9 Å². The van der Waals surface area contributed by atoms with Crippen molar-refractivity contribution in [1.29, 1.82) is 0 Å². The summed E-state index contributed by atoms with van der Waals surface area (Å²) in [6.07, 6.45) is 3.09. The highest BCUT2D eigenvalue weighted by molar-refractivity contribution is 5.80. The largest absolute Gasteiger partial charge is 0.368 e. The molecule has 1 aliphatic rings. The Labute approximate surface area is 61.0 Å². The van der Waals surface area contributed by atoms with Crippen LogP contribution >= 0.6 is 0 Å². The van der Waals surface area contributed by atoms with E-state index < -0.39 is 0 Å². The van der Waals surface area contributed by atoms with Crippen LogP contribution in [0.1, 0.15) is 26.2 Å². The van der Waals surface area contributed by atoms with E-state index in [1.165, 1.54) is 0 Å². The molecule has 58 valence electrons. The molecule has 0 spiro atoms. The normalized spacial score (nSPS) is 32.5. The fraction of sp³-hybridized carbons (Fsp3) is 0.857. The lowest BCUT2D eigenvalue weighted by Crippen LogP contribution is -2.39. The number of hydrogen-bond donors (Lipinski definition) is 2. The predicted molar refractivity (Wildman–Crippen MR) is 39.4 cm³/mol. The van der Waals surface area contributed by atoms with Gasteiger partial charge in [-0.15, -0.1) is 0 Å². The summed E-state index contributed by atoms with van der Waals surface area (Å²) in [5.74, 6) is -0.212. The highest BCUT2D eigenvalue weighted by Crippen LogP contribution is 2.13. The highest BCUT2D eigenvalue weighted by atomic mass is 16.1. The van der Waals surface area contributed by atoms with Crippen LogP contribution in [-0.2, 0) is 4.79 Å². The van der Waals surface area contributed by atoms with E-state index in [9.17, 15) is 4.79 Å². The SMILES string of the molecule is CC[C@H]1CCC(C(N)=O)N1. The van der Waals surface area contributed by atoms with Crippen molar-refractivity contribution >= 4 is 5.91 Å². The molecule has 0 aromatic rings. The van der Waals surface area contributed by atoms with Crippen molar-refractivity contribution in [3.05, 3.63) is 0 Å². The quantitative estimate of drug-likeness (QED) is 0.570. The molecule has 0 aliphatic carbocycles. The van der Waals surface area contributed by atoms with E-state index in [1.54, 1.807) is 0 Å². The number of nitrogens with one attached hydrogen (secondary N) is 1. The fourth-order valence-corrected chi connectivity index (χ4v) is 1.37. The molecular formula is C7H14N2O. The Hall–Kier alpha value is -0.570. The summed E-state index contributed by atoms with van der Waals surface area (Å²) < 4.78 is 0. The first-order valence-electron chi connectivity index (χ1n) is 3.79. The Morgan fingerprint density at radius 3 is 2.70 bits per heavy atom. The van der Waals surface area contributed by atoms with Gasteiger partial charge in [-0.3, -0.25) is 4.79 Å². The molecule has 0 aromatic heterocycles. The monoisotopic (exact) mass is 142 g/mol. The molecule has 3 N–H and O–H groups in total. The van der Waals surface area contributed by atoms with Gasteiger partial charge in [0.25, 0.3) is 0 Å². The van der Waals surface area contributed by atoms with Gasteiger partial charge in [0.2, 0.25) is 5.91 Å². The summed E-state index contributed by atoms with van der Waals surface area (Å²) in [6.45, 7) is 2.11. The minimum absolute atomic E-state index is 0.0649. The zero-order valence-electron chi connectivity index (χ0n) is 6.26. The predicted octanol–water partition coefficient (Wildman–Crippen LogP) is 0.00230. The maximum Gasteiger partial charge on any atom is 0.234 e. The molecule has 0 saturated carbocycles. The smallest absolute Gasteiger partial charge is 0.234 e. The van der Waals surface area contributed by atoms with Gasteiger partial charge in [-0.1, -0.05) is 6.92 Å². The molecule has 1 fully saturated rings. The molecule has 0 aromatic carbocycles. The summed E-state index contributed by atoms with van der Waals surface area (Å²) in [7, 11) is 0. The van der Waals surface area contributed by atoms with Crippen molar-refractivity contribution < 1.29 is 4.79 Å². The van der Waals surface area contributed by atoms with Crippen LogP contribution in [0.4, 0.5) is 0 Å². The van der Waals surface area contributed by atoms with Crippen LogP contribution in [0.3, 0.4) is 0 Å². The molecule has 10 heavy (non-hydrogen) atoms. The molecule has 1 unspecified atom stereocenters. The third-order valence-corrected chi connectivity index (χ3v) is 2.08. The number of nitrogens with two attached hydrogens (primary N) is 1. The average molecular weight is 142 g/mol. The van der Waals surface area contributed by atoms with Crippen LogP contribution in [0.2, 0.25) is 0 Å². The Bertz CT molecular complexity index is 136. The van der Waals surface area contributed by atoms with Crippen LogP contribution < -0.4 is 11.1 Å². The Balaban J connectivity index is 2.35. The van der Waals surface area contributed by atoms with Gasteiger partial charge in [0.1, 0.15) is 0 Å². The lowest BCUT2D eigenvalue weighted by Gasteiger charge is -2.08. The van der Waals surface area contributed by atoms with Crippen LogP contribution in [0.15, 0.2) is 0 Å². The first-order chi connectivity index (χ1) is 4.74. The topological polar surface area (TPSA) is 55.1 Å². The molecule has 1 amide bonds. The fourth-order valence-electron chi connectivity index (χ4n) is 1.37. The molecule has 1 saturated heterocycles. The summed E-state index contributed by atoms with van der Waals surface area (Å²) in [5, 5.41) is 3.17. The van der Waals surface area contributed by atoms with Crippen LogP contribution in [0.5, 0.6) is 0 Å². The van der Waals surface area contributed by atoms with E-state index in [0.29, 0.717) is 6.04 Å². The van der Waals surface area contributed by atoms with Gasteiger partial charge in [0, 0.05) is 6.04 Å². The molecule has 2 atom stereocenters. The third-order valence-electron chi connectivity index (χ3n) is 2.08. The number of carbonyl (C=O) groups is 1. The van der Waals surface area contributed by atoms with Crippen molar-refractivity contribution in [2.24, 2.45) is 5.73 Å². The van der Waals surface area contributed by atoms with Gasteiger partial charge in [-0.2, -0.15) is 0 Å². The number of hydrogen-bond acceptors (Lipinski definition) is 2. The number of carbonyl (C=O) groups excluding carboxylic acids is 1. The maximum absolute atomic E-state index is 10.6. The van der Waals surface area contributed by atoms with E-state index in [2.05, 4.69) is 12.2 Å². The highest BCUT2D eigenvalue weighted by Gasteiger charge is 2.25. The molecule has 0 radical (unpaired) electrons. The molecule has 3 nitrogen and oxygen atoms in total. The molecule has 0 bridgehead atoms. The second-order valence-corrected chi connectivity index (χ2v) is 2.80. The third kappa shape index (κ3) is 1.48. The first-order valence-corrected chi connectivity index (χ1v) is 3.79. The van der Waals surface area contributed by atoms with Gasteiger partial charge in [-0.25, -0.2) is 0 Å². The van der Waals surface area contributed by atoms with Crippen molar-refractivity contribution in [2.45, 2.75) is 38.3 Å². The second-order valence-electron chi connectivity index (χ2n) is 2.80. The number of rotatable bonds is 2. The molecule has 1 heterocycles. The van der Waals surface area contributed by atoms with Gasteiger partial charge >= 0.3 is 0 Å². The van der Waals surface area contributed by atoms with E-state index in [4.69, 9.17) is 5.73 Å². The lowest BCUT2D eigenvalue weighted by atomic mass is 10.1. The minimum Gasteiger partial charge on any atom is -0.368 e. The van der Waals surface area contributed by atoms with Crippen molar-refractivity contribution in [1.82, 2.24) is 5.32 Å². The molecular weight excluding hydrogens is 128 g/mol. The second kappa shape index (κ2) is 3.01. The zero-order valence-corrected chi connectivity index (χ0v) is 6.26. The van der Waals surface area contributed by atoms with Crippen molar-refractivity contribution in [3.63, 3.8) is 0 Å². The van der Waals surface area contributed by atoms with Gasteiger partial charge < -0.3 is 11.1 Å². The number of amides is 1. The van der Waals surface area contributed by atoms with Crippen LogP contribution in [0.25, 0.3) is 0 Å². The van der Waals surface area contributed by atoms with Crippen molar-refractivity contribution in [2.75, 3.05) is 0 Å². The molecule has 3 heteroatoms. The van der Waals surface area contributed by atoms with E-state index >= 15 is 0 Å². The van der Waals surface area contributed by atoms with Gasteiger partial charge in [-0.05, 0) is 19.3 Å². The standard InChI is InChI=1S/C7H14N2O/c1-2-5-3-4-6(9-5)7(8)10/h5-6,9H,2-4H2,1H3,(H2,8,10)/t5-,6?/m0/s1. The van der Waals surface area contributed by atoms with Crippen LogP contribution in [-0.4, -0.2) is 18.0 Å². The summed E-state index contributed by atoms with van der Waals surface area (Å²) in [5.41, 5.74) is 5.11. The minimum atomic E-state index is -0.212. The lowest BCUT2D eigenvalue weighted by molar-refractivity contribution is -0.119. The van der Waals surface area contributed by atoms with Crippen molar-refractivity contribution in [3.8, 4) is 0 Å². The summed E-state index contributed by atoms with van der Waals surface area (Å²) >= 11 is 0. The maximum atomic E-state index is 10.6. The first kappa shape index (κ1) is 7.54. The molecule has 1 rings (SSSR count). The van der Waals surface area contributed by atoms with Gasteiger partial charge in [0.05, 0.1) is 6.04 Å². The van der Waals surface area contributed by atoms with E-state index in [1.807, 2.05) is 0 Å². The Morgan fingerprint density at radius 2 is 2.40 bits per heavy atom. The van der Waals surface area contributed by atoms with E-state index in [0.717, 1.165) is 19.3 Å².